The van der Waals surface area contributed by atoms with E-state index in [0.29, 0.717) is 21.5 Å². The lowest BCUT2D eigenvalue weighted by Crippen LogP contribution is -2.27. The van der Waals surface area contributed by atoms with Gasteiger partial charge >= 0.3 is 5.97 Å². The van der Waals surface area contributed by atoms with Crippen molar-refractivity contribution in [1.82, 2.24) is 0 Å². The Morgan fingerprint density at radius 1 is 1.00 bits per heavy atom. The van der Waals surface area contributed by atoms with Gasteiger partial charge in [0.2, 0.25) is 0 Å². The van der Waals surface area contributed by atoms with Crippen LogP contribution in [-0.2, 0) is 11.4 Å². The van der Waals surface area contributed by atoms with Crippen LogP contribution in [0.15, 0.2) is 83.8 Å². The number of benzene rings is 3. The fraction of sp³-hybridized carbons (Fsp3) is 0.0417. The highest BCUT2D eigenvalue weighted by molar-refractivity contribution is 8.27. The summed E-state index contributed by atoms with van der Waals surface area (Å²) in [5, 5.41) is 9.03. The van der Waals surface area contributed by atoms with E-state index in [1.165, 1.54) is 28.8 Å². The van der Waals surface area contributed by atoms with Crippen LogP contribution >= 0.6 is 24.0 Å². The van der Waals surface area contributed by atoms with Crippen molar-refractivity contribution >= 4 is 51.9 Å². The van der Waals surface area contributed by atoms with E-state index in [1.54, 1.807) is 18.2 Å². The predicted octanol–water partition coefficient (Wildman–Crippen LogP) is 5.37. The van der Waals surface area contributed by atoms with Gasteiger partial charge in [0, 0.05) is 0 Å². The fourth-order valence-corrected chi connectivity index (χ4v) is 4.29. The second kappa shape index (κ2) is 9.16. The van der Waals surface area contributed by atoms with Crippen LogP contribution in [0.3, 0.4) is 0 Å². The van der Waals surface area contributed by atoms with E-state index >= 15 is 0 Å². The van der Waals surface area contributed by atoms with Gasteiger partial charge < -0.3 is 9.84 Å². The molecule has 4 rings (SSSR count). The van der Waals surface area contributed by atoms with Gasteiger partial charge in [-0.1, -0.05) is 66.4 Å². The maximum absolute atomic E-state index is 12.9. The van der Waals surface area contributed by atoms with E-state index in [0.717, 1.165) is 16.9 Å². The van der Waals surface area contributed by atoms with Gasteiger partial charge in [0.15, 0.2) is 4.32 Å². The van der Waals surface area contributed by atoms with E-state index in [9.17, 15) is 9.59 Å². The SMILES string of the molecule is O=C(O)c1ccc(N2C(=O)/C(=C/c3ccc(OCc4ccccc4)cc3)SC2=S)cc1. The van der Waals surface area contributed by atoms with Crippen LogP contribution in [0, 0.1) is 0 Å². The summed E-state index contributed by atoms with van der Waals surface area (Å²) in [7, 11) is 0. The van der Waals surface area contributed by atoms with Crippen molar-refractivity contribution in [2.45, 2.75) is 6.61 Å². The van der Waals surface area contributed by atoms with Gasteiger partial charge in [-0.15, -0.1) is 0 Å². The first-order valence-electron chi connectivity index (χ1n) is 9.39. The van der Waals surface area contributed by atoms with Crippen molar-refractivity contribution in [3.05, 3.63) is 100 Å². The highest BCUT2D eigenvalue weighted by atomic mass is 32.2. The highest BCUT2D eigenvalue weighted by Crippen LogP contribution is 2.36. The number of anilines is 1. The molecule has 1 N–H and O–H groups in total. The lowest BCUT2D eigenvalue weighted by atomic mass is 10.2. The van der Waals surface area contributed by atoms with Gasteiger partial charge in [0.05, 0.1) is 16.2 Å². The topological polar surface area (TPSA) is 66.8 Å². The molecule has 0 saturated carbocycles. The average Bonchev–Trinajstić information content (AvgIpc) is 3.06. The summed E-state index contributed by atoms with van der Waals surface area (Å²) in [5.41, 5.74) is 2.64. The summed E-state index contributed by atoms with van der Waals surface area (Å²) >= 11 is 6.58. The average molecular weight is 448 g/mol. The van der Waals surface area contributed by atoms with Crippen molar-refractivity contribution in [2.24, 2.45) is 0 Å². The largest absolute Gasteiger partial charge is 0.489 e. The predicted molar refractivity (Wildman–Crippen MR) is 126 cm³/mol. The molecular weight excluding hydrogens is 430 g/mol. The number of aromatic carboxylic acids is 1. The number of rotatable bonds is 6. The summed E-state index contributed by atoms with van der Waals surface area (Å²) in [6.07, 6.45) is 1.78. The number of carbonyl (C=O) groups is 2. The van der Waals surface area contributed by atoms with Crippen molar-refractivity contribution in [3.63, 3.8) is 0 Å². The third kappa shape index (κ3) is 4.84. The molecule has 0 unspecified atom stereocenters. The monoisotopic (exact) mass is 447 g/mol. The Morgan fingerprint density at radius 3 is 2.32 bits per heavy atom. The number of carboxylic acid groups (broad SMARTS) is 1. The van der Waals surface area contributed by atoms with Gasteiger partial charge in [-0.3, -0.25) is 9.69 Å². The molecule has 31 heavy (non-hydrogen) atoms. The molecule has 1 aliphatic heterocycles. The van der Waals surface area contributed by atoms with Crippen LogP contribution in [0.2, 0.25) is 0 Å². The zero-order chi connectivity index (χ0) is 21.8. The van der Waals surface area contributed by atoms with Gasteiger partial charge in [-0.05, 0) is 53.6 Å². The molecule has 7 heteroatoms. The second-order valence-corrected chi connectivity index (χ2v) is 8.39. The van der Waals surface area contributed by atoms with Crippen molar-refractivity contribution < 1.29 is 19.4 Å². The Kier molecular flexibility index (Phi) is 6.16. The third-order valence-corrected chi connectivity index (χ3v) is 5.89. The first kappa shape index (κ1) is 20.8. The van der Waals surface area contributed by atoms with Crippen LogP contribution in [0.1, 0.15) is 21.5 Å². The number of nitrogens with zero attached hydrogens (tertiary/aromatic N) is 1. The lowest BCUT2D eigenvalue weighted by Gasteiger charge is -2.14. The van der Waals surface area contributed by atoms with Crippen molar-refractivity contribution in [2.75, 3.05) is 4.90 Å². The first-order chi connectivity index (χ1) is 15.0. The fourth-order valence-electron chi connectivity index (χ4n) is 3.00. The van der Waals surface area contributed by atoms with E-state index in [1.807, 2.05) is 54.6 Å². The molecule has 5 nitrogen and oxygen atoms in total. The molecule has 0 aromatic heterocycles. The maximum Gasteiger partial charge on any atom is 0.335 e. The summed E-state index contributed by atoms with van der Waals surface area (Å²) in [4.78, 5) is 25.8. The number of carboxylic acids is 1. The minimum absolute atomic E-state index is 0.152. The van der Waals surface area contributed by atoms with Gasteiger partial charge in [0.1, 0.15) is 12.4 Å². The van der Waals surface area contributed by atoms with Gasteiger partial charge in [0.25, 0.3) is 5.91 Å². The third-order valence-electron chi connectivity index (χ3n) is 4.59. The number of amides is 1. The molecule has 0 bridgehead atoms. The lowest BCUT2D eigenvalue weighted by molar-refractivity contribution is -0.113. The minimum Gasteiger partial charge on any atom is -0.489 e. The van der Waals surface area contributed by atoms with Crippen LogP contribution in [0.5, 0.6) is 5.75 Å². The number of thioether (sulfide) groups is 1. The maximum atomic E-state index is 12.9. The molecule has 3 aromatic rings. The molecule has 1 saturated heterocycles. The second-order valence-electron chi connectivity index (χ2n) is 6.71. The molecule has 1 amide bonds. The van der Waals surface area contributed by atoms with Gasteiger partial charge in [-0.2, -0.15) is 0 Å². The molecule has 1 heterocycles. The smallest absolute Gasteiger partial charge is 0.335 e. The molecule has 0 radical (unpaired) electrons. The Morgan fingerprint density at radius 2 is 1.68 bits per heavy atom. The summed E-state index contributed by atoms with van der Waals surface area (Å²) in [6.45, 7) is 0.486. The van der Waals surface area contributed by atoms with E-state index in [-0.39, 0.29) is 11.5 Å². The van der Waals surface area contributed by atoms with E-state index in [4.69, 9.17) is 22.1 Å². The van der Waals surface area contributed by atoms with Crippen LogP contribution in [0.25, 0.3) is 6.08 Å². The minimum atomic E-state index is -1.02. The molecule has 1 fully saturated rings. The number of carbonyl (C=O) groups excluding carboxylic acids is 1. The molecule has 1 aliphatic rings. The van der Waals surface area contributed by atoms with E-state index in [2.05, 4.69) is 0 Å². The van der Waals surface area contributed by atoms with Crippen LogP contribution in [-0.4, -0.2) is 21.3 Å². The number of hydrogen-bond acceptors (Lipinski definition) is 5. The van der Waals surface area contributed by atoms with Crippen LogP contribution in [0.4, 0.5) is 5.69 Å². The molecule has 0 spiro atoms. The van der Waals surface area contributed by atoms with Crippen molar-refractivity contribution in [1.29, 1.82) is 0 Å². The van der Waals surface area contributed by atoms with Gasteiger partial charge in [-0.25, -0.2) is 4.79 Å². The Hall–Kier alpha value is -3.42. The number of ether oxygens (including phenoxy) is 1. The normalized spacial score (nSPS) is 14.8. The zero-order valence-electron chi connectivity index (χ0n) is 16.2. The highest BCUT2D eigenvalue weighted by Gasteiger charge is 2.33. The summed E-state index contributed by atoms with van der Waals surface area (Å²) < 4.78 is 6.20. The standard InChI is InChI=1S/C24H17NO4S2/c26-22-21(31-24(30)25(22)19-10-8-18(9-11-19)23(27)28)14-16-6-12-20(13-7-16)29-15-17-4-2-1-3-5-17/h1-14H,15H2,(H,27,28)/b21-14-. The van der Waals surface area contributed by atoms with Crippen LogP contribution < -0.4 is 9.64 Å². The van der Waals surface area contributed by atoms with E-state index < -0.39 is 5.97 Å². The molecular formula is C24H17NO4S2. The van der Waals surface area contributed by atoms with Crippen molar-refractivity contribution in [3.8, 4) is 5.75 Å². The first-order valence-corrected chi connectivity index (χ1v) is 10.6. The Bertz CT molecular complexity index is 1160. The quantitative estimate of drug-likeness (QED) is 0.405. The zero-order valence-corrected chi connectivity index (χ0v) is 17.9. The number of hydrogen-bond donors (Lipinski definition) is 1. The number of thiocarbonyl (C=S) groups is 1. The Balaban J connectivity index is 1.45. The molecule has 154 valence electrons. The summed E-state index contributed by atoms with van der Waals surface area (Å²) in [6, 6.07) is 23.5. The summed E-state index contributed by atoms with van der Waals surface area (Å²) in [5.74, 6) is -0.511. The molecule has 0 atom stereocenters. The molecule has 0 aliphatic carbocycles. The Labute approximate surface area is 189 Å². The molecule has 3 aromatic carbocycles.